The van der Waals surface area contributed by atoms with Crippen molar-refractivity contribution in [1.29, 1.82) is 0 Å². The molecule has 7 nitrogen and oxygen atoms in total. The Kier molecular flexibility index (Phi) is 4.73. The number of alkyl halides is 3. The Morgan fingerprint density at radius 3 is 2.76 bits per heavy atom. The van der Waals surface area contributed by atoms with Crippen LogP contribution in [-0.4, -0.2) is 32.1 Å². The first-order valence-electron chi connectivity index (χ1n) is 8.58. The summed E-state index contributed by atoms with van der Waals surface area (Å²) in [7, 11) is 0. The van der Waals surface area contributed by atoms with Crippen molar-refractivity contribution in [3.63, 3.8) is 0 Å². The Balaban J connectivity index is 1.52. The van der Waals surface area contributed by atoms with E-state index in [4.69, 9.17) is 20.8 Å². The van der Waals surface area contributed by atoms with E-state index in [2.05, 4.69) is 10.2 Å². The van der Waals surface area contributed by atoms with E-state index in [-0.39, 0.29) is 30.6 Å². The van der Waals surface area contributed by atoms with Crippen LogP contribution in [0.2, 0.25) is 5.02 Å². The predicted molar refractivity (Wildman–Crippen MR) is 94.7 cm³/mol. The number of hydrogen-bond acceptors (Lipinski definition) is 5. The van der Waals surface area contributed by atoms with E-state index in [9.17, 15) is 18.0 Å². The van der Waals surface area contributed by atoms with Crippen molar-refractivity contribution in [3.05, 3.63) is 58.8 Å². The zero-order valence-corrected chi connectivity index (χ0v) is 15.7. The number of benzene rings is 1. The highest BCUT2D eigenvalue weighted by Gasteiger charge is 2.42. The van der Waals surface area contributed by atoms with Gasteiger partial charge in [0.25, 0.3) is 11.9 Å². The van der Waals surface area contributed by atoms with Crippen LogP contribution in [0.1, 0.15) is 35.2 Å². The second-order valence-electron chi connectivity index (χ2n) is 6.38. The molecule has 0 spiro atoms. The van der Waals surface area contributed by atoms with E-state index < -0.39 is 23.9 Å². The molecule has 29 heavy (non-hydrogen) atoms. The van der Waals surface area contributed by atoms with Gasteiger partial charge in [0.15, 0.2) is 11.6 Å². The van der Waals surface area contributed by atoms with E-state index in [1.807, 2.05) is 0 Å². The lowest BCUT2D eigenvalue weighted by Gasteiger charge is -2.33. The molecule has 0 fully saturated rings. The summed E-state index contributed by atoms with van der Waals surface area (Å²) in [4.78, 5) is 14.2. The lowest BCUT2D eigenvalue weighted by Crippen LogP contribution is -2.41. The SMILES string of the molecule is CC1c2nnc(C(F)(F)F)n2CCN1C(=O)c1ccc(Oc2cccc(Cl)c2)o1. The summed E-state index contributed by atoms with van der Waals surface area (Å²) in [6.07, 6.45) is -4.61. The third kappa shape index (κ3) is 3.67. The molecule has 1 unspecified atom stereocenters. The van der Waals surface area contributed by atoms with Gasteiger partial charge >= 0.3 is 6.18 Å². The van der Waals surface area contributed by atoms with E-state index in [1.54, 1.807) is 31.2 Å². The van der Waals surface area contributed by atoms with Crippen LogP contribution in [0.25, 0.3) is 0 Å². The molecule has 1 amide bonds. The summed E-state index contributed by atoms with van der Waals surface area (Å²) < 4.78 is 51.0. The van der Waals surface area contributed by atoms with Gasteiger partial charge in [0.2, 0.25) is 5.82 Å². The Labute approximate surface area is 167 Å². The normalized spacial score (nSPS) is 16.6. The van der Waals surface area contributed by atoms with Crippen LogP contribution in [0, 0.1) is 0 Å². The molecule has 1 aliphatic heterocycles. The maximum atomic E-state index is 13.0. The lowest BCUT2D eigenvalue weighted by atomic mass is 10.2. The maximum absolute atomic E-state index is 13.0. The number of carbonyl (C=O) groups is 1. The first-order valence-corrected chi connectivity index (χ1v) is 8.96. The average Bonchev–Trinajstić information content (AvgIpc) is 3.28. The number of nitrogens with zero attached hydrogens (tertiary/aromatic N) is 4. The first kappa shape index (κ1) is 19.3. The molecule has 0 bridgehead atoms. The van der Waals surface area contributed by atoms with Gasteiger partial charge in [-0.2, -0.15) is 13.2 Å². The Hall–Kier alpha value is -3.01. The monoisotopic (exact) mass is 426 g/mol. The molecule has 1 aliphatic rings. The highest BCUT2D eigenvalue weighted by Crippen LogP contribution is 2.34. The van der Waals surface area contributed by atoms with Gasteiger partial charge in [-0.1, -0.05) is 17.7 Å². The van der Waals surface area contributed by atoms with Crippen molar-refractivity contribution in [1.82, 2.24) is 19.7 Å². The molecule has 1 atom stereocenters. The molecule has 11 heteroatoms. The number of carbonyl (C=O) groups excluding carboxylic acids is 1. The number of hydrogen-bond donors (Lipinski definition) is 0. The third-order valence-electron chi connectivity index (χ3n) is 4.51. The minimum atomic E-state index is -4.61. The highest BCUT2D eigenvalue weighted by molar-refractivity contribution is 6.30. The van der Waals surface area contributed by atoms with Crippen molar-refractivity contribution in [2.45, 2.75) is 25.7 Å². The molecule has 0 aliphatic carbocycles. The third-order valence-corrected chi connectivity index (χ3v) is 4.74. The van der Waals surface area contributed by atoms with Crippen LogP contribution in [0.15, 0.2) is 40.8 Å². The van der Waals surface area contributed by atoms with Crippen LogP contribution in [0.5, 0.6) is 11.7 Å². The summed E-state index contributed by atoms with van der Waals surface area (Å²) in [6, 6.07) is 8.86. The highest BCUT2D eigenvalue weighted by atomic mass is 35.5. The molecule has 0 N–H and O–H groups in total. The van der Waals surface area contributed by atoms with E-state index in [1.165, 1.54) is 17.0 Å². The molecule has 0 saturated heterocycles. The molecule has 3 aromatic rings. The topological polar surface area (TPSA) is 73.4 Å². The van der Waals surface area contributed by atoms with Crippen molar-refractivity contribution < 1.29 is 27.1 Å². The smallest absolute Gasteiger partial charge is 0.426 e. The Morgan fingerprint density at radius 2 is 2.03 bits per heavy atom. The van der Waals surface area contributed by atoms with Gasteiger partial charge in [0.05, 0.1) is 6.04 Å². The number of rotatable bonds is 3. The standard InChI is InChI=1S/C18H14ClF3N4O3/c1-10-15-23-24-17(18(20,21)22)26(15)8-7-25(10)16(27)13-5-6-14(29-13)28-12-4-2-3-11(19)9-12/h2-6,9-10H,7-8H2,1H3. The van der Waals surface area contributed by atoms with Gasteiger partial charge in [0, 0.05) is 24.2 Å². The number of furan rings is 1. The Bertz CT molecular complexity index is 1060. The van der Waals surface area contributed by atoms with Crippen LogP contribution < -0.4 is 4.74 Å². The molecule has 4 rings (SSSR count). The van der Waals surface area contributed by atoms with Gasteiger partial charge in [-0.25, -0.2) is 0 Å². The number of aromatic nitrogens is 3. The second-order valence-corrected chi connectivity index (χ2v) is 6.82. The number of halogens is 4. The average molecular weight is 427 g/mol. The molecule has 1 aromatic carbocycles. The summed E-state index contributed by atoms with van der Waals surface area (Å²) in [5.41, 5.74) is 0. The minimum absolute atomic E-state index is 0.00196. The summed E-state index contributed by atoms with van der Waals surface area (Å²) in [6.45, 7) is 1.57. The predicted octanol–water partition coefficient (Wildman–Crippen LogP) is 4.55. The van der Waals surface area contributed by atoms with Crippen molar-refractivity contribution in [2.24, 2.45) is 0 Å². The number of amides is 1. The molecule has 152 valence electrons. The molecule has 2 aromatic heterocycles. The van der Waals surface area contributed by atoms with Crippen molar-refractivity contribution in [3.8, 4) is 11.7 Å². The van der Waals surface area contributed by atoms with Gasteiger partial charge in [0.1, 0.15) is 5.75 Å². The molecular formula is C18H14ClF3N4O3. The van der Waals surface area contributed by atoms with Gasteiger partial charge in [-0.3, -0.25) is 4.79 Å². The molecule has 3 heterocycles. The largest absolute Gasteiger partial charge is 0.451 e. The number of fused-ring (bicyclic) bond motifs is 1. The quantitative estimate of drug-likeness (QED) is 0.614. The maximum Gasteiger partial charge on any atom is 0.451 e. The summed E-state index contributed by atoms with van der Waals surface area (Å²) >= 11 is 5.90. The van der Waals surface area contributed by atoms with Gasteiger partial charge in [-0.15, -0.1) is 10.2 Å². The molecular weight excluding hydrogens is 413 g/mol. The fraction of sp³-hybridized carbons (Fsp3) is 0.278. The lowest BCUT2D eigenvalue weighted by molar-refractivity contribution is -0.148. The van der Waals surface area contributed by atoms with E-state index in [0.29, 0.717) is 10.8 Å². The minimum Gasteiger partial charge on any atom is -0.426 e. The van der Waals surface area contributed by atoms with Crippen molar-refractivity contribution >= 4 is 17.5 Å². The summed E-state index contributed by atoms with van der Waals surface area (Å²) in [5, 5.41) is 7.35. The first-order chi connectivity index (χ1) is 13.7. The molecule has 0 saturated carbocycles. The van der Waals surface area contributed by atoms with Crippen LogP contribution in [-0.2, 0) is 12.7 Å². The zero-order valence-electron chi connectivity index (χ0n) is 15.0. The summed E-state index contributed by atoms with van der Waals surface area (Å²) in [5.74, 6) is -0.965. The fourth-order valence-electron chi connectivity index (χ4n) is 3.15. The number of ether oxygens (including phenoxy) is 1. The van der Waals surface area contributed by atoms with Crippen LogP contribution >= 0.6 is 11.6 Å². The van der Waals surface area contributed by atoms with E-state index >= 15 is 0 Å². The Morgan fingerprint density at radius 1 is 1.24 bits per heavy atom. The second kappa shape index (κ2) is 7.11. The van der Waals surface area contributed by atoms with Crippen LogP contribution in [0.4, 0.5) is 13.2 Å². The van der Waals surface area contributed by atoms with Gasteiger partial charge < -0.3 is 18.6 Å². The van der Waals surface area contributed by atoms with Crippen molar-refractivity contribution in [2.75, 3.05) is 6.54 Å². The van der Waals surface area contributed by atoms with E-state index in [0.717, 1.165) is 4.57 Å². The zero-order chi connectivity index (χ0) is 20.8. The molecule has 0 radical (unpaired) electrons. The van der Waals surface area contributed by atoms with Gasteiger partial charge in [-0.05, 0) is 31.2 Å². The fourth-order valence-corrected chi connectivity index (χ4v) is 3.33. The van der Waals surface area contributed by atoms with Crippen LogP contribution in [0.3, 0.4) is 0 Å².